The molecule has 0 aromatic heterocycles. The normalized spacial score (nSPS) is 12.6. The van der Waals surface area contributed by atoms with Crippen LogP contribution in [0.25, 0.3) is 0 Å². The van der Waals surface area contributed by atoms with Crippen LogP contribution in [0.4, 0.5) is 22.7 Å². The van der Waals surface area contributed by atoms with Crippen molar-refractivity contribution < 1.29 is 259 Å². The second-order valence-electron chi connectivity index (χ2n) is 12.7. The second-order valence-corrected chi connectivity index (χ2v) is 23.8. The van der Waals surface area contributed by atoms with Gasteiger partial charge >= 0.3 is 148 Å². The van der Waals surface area contributed by atoms with E-state index in [2.05, 4.69) is 57.2 Å². The Morgan fingerprint density at radius 3 is 1.47 bits per heavy atom. The number of benzene rings is 4. The summed E-state index contributed by atoms with van der Waals surface area (Å²) in [5.74, 6) is -4.33. The van der Waals surface area contributed by atoms with E-state index in [4.69, 9.17) is 0 Å². The van der Waals surface area contributed by atoms with Gasteiger partial charge in [0.05, 0.1) is 72.9 Å². The molecule has 0 unspecified atom stereocenters. The fourth-order valence-corrected chi connectivity index (χ4v) is 10.8. The third-order valence-electron chi connectivity index (χ3n) is 8.16. The van der Waals surface area contributed by atoms with Crippen molar-refractivity contribution in [2.75, 3.05) is 47.9 Å². The van der Waals surface area contributed by atoms with Gasteiger partial charge in [0.2, 0.25) is 21.3 Å². The Labute approximate surface area is 548 Å². The molecule has 33 nitrogen and oxygen atoms in total. The summed E-state index contributed by atoms with van der Waals surface area (Å²) in [5.41, 5.74) is -2.61. The smallest absolute Gasteiger partial charge is 0.744 e. The van der Waals surface area contributed by atoms with Gasteiger partial charge in [0.1, 0.15) is 25.9 Å². The molecule has 0 saturated heterocycles. The number of aromatic hydroxyl groups is 1. The van der Waals surface area contributed by atoms with Crippen molar-refractivity contribution in [2.45, 2.75) is 24.5 Å². The minimum Gasteiger partial charge on any atom is -0.744 e. The summed E-state index contributed by atoms with van der Waals surface area (Å²) in [4.78, 5) is 22.6. The molecular formula is C30H25N6Na5O27S8. The molecule has 4 aromatic rings. The van der Waals surface area contributed by atoms with Crippen LogP contribution >= 0.6 is 24.6 Å². The van der Waals surface area contributed by atoms with E-state index in [-0.39, 0.29) is 189 Å². The average Bonchev–Trinajstić information content (AvgIpc) is 3.27. The molecular weight excluding hydrogens is 1250 g/mol. The Hall–Kier alpha value is -0.000000000000000888. The summed E-state index contributed by atoms with van der Waals surface area (Å²) >= 11 is -0.00508. The molecule has 4 rings (SSSR count). The molecule has 0 aliphatic rings. The van der Waals surface area contributed by atoms with Crippen molar-refractivity contribution in [1.82, 2.24) is 0 Å². The number of nitrogens with zero attached hydrogens (tertiary/aromatic N) is 4. The van der Waals surface area contributed by atoms with Gasteiger partial charge in [-0.05, 0) is 60.7 Å². The molecule has 0 aliphatic carbocycles. The monoisotopic (exact) mass is 1270 g/mol. The van der Waals surface area contributed by atoms with Gasteiger partial charge in [-0.3, -0.25) is 43.1 Å². The minimum atomic E-state index is -5.71. The molecule has 46 heteroatoms. The van der Waals surface area contributed by atoms with E-state index >= 15 is 0 Å². The van der Waals surface area contributed by atoms with Gasteiger partial charge in [0, 0.05) is 0 Å². The largest absolute Gasteiger partial charge is 1.00 e. The molecule has 0 radical (unpaired) electrons. The van der Waals surface area contributed by atoms with Crippen LogP contribution in [0.5, 0.6) is 5.75 Å². The topological polar surface area (TPSA) is 513 Å². The van der Waals surface area contributed by atoms with E-state index in [1.165, 1.54) is 0 Å². The number of anilines is 2. The molecule has 0 heterocycles. The van der Waals surface area contributed by atoms with Gasteiger partial charge in [-0.25, -0.2) is 50.5 Å². The molecule has 0 fully saturated rings. The van der Waals surface area contributed by atoms with E-state index in [0.29, 0.717) is 30.3 Å². The molecule has 0 aliphatic heterocycles. The van der Waals surface area contributed by atoms with E-state index in [9.17, 15) is 89.4 Å². The summed E-state index contributed by atoms with van der Waals surface area (Å²) in [7, 11) is -30.0. The maximum Gasteiger partial charge on any atom is 1.00 e. The number of phenolic OH excluding ortho intramolecular Hbond substituents is 1. The quantitative estimate of drug-likeness (QED) is 0.00729. The molecule has 0 atom stereocenters. The zero-order chi connectivity index (χ0) is 53.0. The predicted molar refractivity (Wildman–Crippen MR) is 224 cm³/mol. The standard InChI is InChI=1S/C30H30N6O27S8.5Na/c37-28-25(34-31-17-1-3-18(4-2-17)66(42,43)12-9-57-64-62-60-40)29(38)27(36-33-22-8-6-20(16-24(22)70(51,52)53)68(46,47)14-11-59-71(54,55)56)30(39)26(28)35-32-21-7-5-19(15-23(21)69(48,49)50)67(44,45)13-10-58-65-63-61-41;;;;;/h1-8,15-16,31,33,39-41H,9-14H2,(H,48,49,50)(H,51,52,53)(H,54,55,56);;;;;/q;5*+1/p-5/b34-25-,35-32?,36-27-;;;;;. The zero-order valence-electron chi connectivity index (χ0n) is 39.1. The van der Waals surface area contributed by atoms with Crippen molar-refractivity contribution in [3.05, 3.63) is 91.8 Å². The first kappa shape index (κ1) is 78.1. The third kappa shape index (κ3) is 23.7. The molecule has 3 N–H and O–H groups in total. The summed E-state index contributed by atoms with van der Waals surface area (Å²) in [6.07, 6.45) is 0. The number of nitrogens with one attached hydrogen (secondary N) is 2. The zero-order valence-corrected chi connectivity index (χ0v) is 55.7. The van der Waals surface area contributed by atoms with Crippen LogP contribution in [0.1, 0.15) is 0 Å². The number of hydrogen-bond donors (Lipinski definition) is 3. The molecule has 0 spiro atoms. The minimum absolute atomic E-state index is 0. The Kier molecular flexibility index (Phi) is 35.5. The predicted octanol–water partition coefficient (Wildman–Crippen LogP) is -18.5. The van der Waals surface area contributed by atoms with Crippen molar-refractivity contribution >= 4 is 108 Å². The van der Waals surface area contributed by atoms with Crippen molar-refractivity contribution in [2.24, 2.45) is 20.4 Å². The second kappa shape index (κ2) is 34.6. The van der Waals surface area contributed by atoms with E-state index in [1.807, 2.05) is 5.43 Å². The van der Waals surface area contributed by atoms with Crippen molar-refractivity contribution in [3.8, 4) is 5.75 Å². The van der Waals surface area contributed by atoms with Crippen LogP contribution in [0, 0.1) is 0 Å². The van der Waals surface area contributed by atoms with Crippen LogP contribution in [0.2, 0.25) is 0 Å². The summed E-state index contributed by atoms with van der Waals surface area (Å²) in [5, 5.41) is 48.4. The first-order valence-electron chi connectivity index (χ1n) is 17.7. The molecule has 0 bridgehead atoms. The Bertz CT molecular complexity index is 3600. The van der Waals surface area contributed by atoms with E-state index < -0.39 is 161 Å². The molecule has 0 saturated carbocycles. The average molecular weight is 1270 g/mol. The number of hydrogen-bond acceptors (Lipinski definition) is 35. The molecule has 76 heavy (non-hydrogen) atoms. The van der Waals surface area contributed by atoms with Crippen molar-refractivity contribution in [1.29, 1.82) is 0 Å². The molecule has 4 aromatic carbocycles. The maximum atomic E-state index is 13.7. The van der Waals surface area contributed by atoms with E-state index in [1.54, 1.807) is 0 Å². The number of sulfone groups is 3. The fourth-order valence-electron chi connectivity index (χ4n) is 5.01. The van der Waals surface area contributed by atoms with Gasteiger partial charge in [0.25, 0.3) is 0 Å². The summed E-state index contributed by atoms with van der Waals surface area (Å²) in [6.45, 7) is -2.40. The summed E-state index contributed by atoms with van der Waals surface area (Å²) < 4.78 is 203. The van der Waals surface area contributed by atoms with Crippen LogP contribution in [-0.2, 0) is 91.4 Å². The number of phenols is 1. The Morgan fingerprint density at radius 2 is 0.987 bits per heavy atom. The molecule has 390 valence electrons. The number of azo groups is 1. The first-order chi connectivity index (χ1) is 33.0. The fraction of sp³-hybridized carbons (Fsp3) is 0.200. The van der Waals surface area contributed by atoms with Gasteiger partial charge in [0.15, 0.2) is 76.3 Å². The van der Waals surface area contributed by atoms with Crippen molar-refractivity contribution in [3.63, 3.8) is 0 Å². The van der Waals surface area contributed by atoms with Crippen LogP contribution in [-0.4, -0.2) is 106 Å². The first-order valence-corrected chi connectivity index (χ1v) is 28.2. The Morgan fingerprint density at radius 1 is 0.539 bits per heavy atom. The van der Waals surface area contributed by atoms with Gasteiger partial charge < -0.3 is 29.3 Å². The number of rotatable bonds is 27. The maximum absolute atomic E-state index is 13.7. The SMILES string of the molecule is O=c1c(N=Nc2ccc(S(=O)(=O)CCOSOO[O-])cc2S(=O)(=O)[O-])c(O)/c(=N\Nc2ccc(S(=O)(=O)CCOS(=O)(=O)[O-])cc2S(=O)(=O)[O-])c(=O)/c1=N\Nc1ccc(S(=O)(=O)CCOSOO[O-])cc1.[Na+].[Na+].[Na+].[Na+].[Na+]. The molecule has 0 amide bonds. The van der Waals surface area contributed by atoms with Crippen LogP contribution in [0.3, 0.4) is 0 Å². The van der Waals surface area contributed by atoms with Crippen LogP contribution in [0.15, 0.2) is 115 Å². The third-order valence-corrected chi connectivity index (χ3v) is 16.2. The van der Waals surface area contributed by atoms with Gasteiger partial charge in [-0.2, -0.15) is 10.2 Å². The Balaban J connectivity index is 0. The van der Waals surface area contributed by atoms with Crippen LogP contribution < -0.4 is 191 Å². The van der Waals surface area contributed by atoms with Gasteiger partial charge in [-0.15, -0.1) is 18.9 Å². The van der Waals surface area contributed by atoms with E-state index in [0.717, 1.165) is 24.3 Å². The summed E-state index contributed by atoms with van der Waals surface area (Å²) in [6, 6.07) is 7.28. The van der Waals surface area contributed by atoms with Gasteiger partial charge in [-0.1, -0.05) is 0 Å².